The van der Waals surface area contributed by atoms with Gasteiger partial charge >= 0.3 is 0 Å². The van der Waals surface area contributed by atoms with Crippen molar-refractivity contribution in [3.8, 4) is 11.3 Å². The van der Waals surface area contributed by atoms with E-state index in [0.717, 1.165) is 12.0 Å². The highest BCUT2D eigenvalue weighted by Crippen LogP contribution is 2.33. The number of nitrogens with two attached hydrogens (primary N) is 1. The van der Waals surface area contributed by atoms with Gasteiger partial charge in [0.15, 0.2) is 0 Å². The van der Waals surface area contributed by atoms with Gasteiger partial charge in [-0.15, -0.1) is 0 Å². The van der Waals surface area contributed by atoms with Gasteiger partial charge in [-0.2, -0.15) is 5.10 Å². The second-order valence-corrected chi connectivity index (χ2v) is 4.17. The summed E-state index contributed by atoms with van der Waals surface area (Å²) in [5.74, 6) is 0.137. The van der Waals surface area contributed by atoms with Crippen LogP contribution in [0.2, 0.25) is 5.02 Å². The highest BCUT2D eigenvalue weighted by Gasteiger charge is 2.17. The minimum absolute atomic E-state index is 0.0836. The molecule has 0 unspecified atom stereocenters. The first-order chi connectivity index (χ1) is 8.06. The summed E-state index contributed by atoms with van der Waals surface area (Å²) in [6.45, 7) is 1.98. The van der Waals surface area contributed by atoms with Crippen molar-refractivity contribution in [1.82, 2.24) is 9.78 Å². The van der Waals surface area contributed by atoms with Gasteiger partial charge in [0.2, 0.25) is 0 Å². The van der Waals surface area contributed by atoms with Crippen molar-refractivity contribution in [2.24, 2.45) is 7.05 Å². The Balaban J connectivity index is 2.68. The Bertz CT molecular complexity index is 563. The van der Waals surface area contributed by atoms with Crippen LogP contribution in [0.15, 0.2) is 18.2 Å². The van der Waals surface area contributed by atoms with Gasteiger partial charge in [-0.05, 0) is 12.5 Å². The lowest BCUT2D eigenvalue weighted by atomic mass is 10.1. The third-order valence-corrected chi connectivity index (χ3v) is 3.14. The van der Waals surface area contributed by atoms with Crippen LogP contribution < -0.4 is 5.73 Å². The molecule has 2 N–H and O–H groups in total. The Hall–Kier alpha value is -1.55. The van der Waals surface area contributed by atoms with E-state index in [0.29, 0.717) is 17.1 Å². The van der Waals surface area contributed by atoms with E-state index >= 15 is 0 Å². The topological polar surface area (TPSA) is 43.8 Å². The quantitative estimate of drug-likeness (QED) is 0.894. The molecule has 0 saturated heterocycles. The van der Waals surface area contributed by atoms with Gasteiger partial charge in [0.1, 0.15) is 11.6 Å². The number of rotatable bonds is 2. The second-order valence-electron chi connectivity index (χ2n) is 3.79. The molecule has 1 aromatic carbocycles. The number of halogens is 2. The minimum atomic E-state index is -0.449. The van der Waals surface area contributed by atoms with Crippen molar-refractivity contribution >= 4 is 17.4 Å². The summed E-state index contributed by atoms with van der Waals surface area (Å²) >= 11 is 5.95. The highest BCUT2D eigenvalue weighted by atomic mass is 35.5. The van der Waals surface area contributed by atoms with Crippen LogP contribution in [0.3, 0.4) is 0 Å². The molecule has 0 radical (unpaired) electrons. The fourth-order valence-electron chi connectivity index (χ4n) is 1.83. The molecule has 0 saturated carbocycles. The van der Waals surface area contributed by atoms with E-state index in [9.17, 15) is 4.39 Å². The Kier molecular flexibility index (Phi) is 3.07. The Labute approximate surface area is 104 Å². The molecule has 3 nitrogen and oxygen atoms in total. The monoisotopic (exact) mass is 253 g/mol. The van der Waals surface area contributed by atoms with Gasteiger partial charge in [0.05, 0.1) is 10.7 Å². The maximum Gasteiger partial charge on any atom is 0.142 e. The first-order valence-corrected chi connectivity index (χ1v) is 5.69. The second kappa shape index (κ2) is 4.37. The number of benzene rings is 1. The summed E-state index contributed by atoms with van der Waals surface area (Å²) < 4.78 is 15.0. The molecule has 0 aliphatic rings. The van der Waals surface area contributed by atoms with Gasteiger partial charge in [-0.25, -0.2) is 4.39 Å². The van der Waals surface area contributed by atoms with Gasteiger partial charge in [-0.1, -0.05) is 30.7 Å². The SMILES string of the molecule is CCc1c(-c2cccc(F)c2Cl)nn(C)c1N. The van der Waals surface area contributed by atoms with Gasteiger partial charge in [0.25, 0.3) is 0 Å². The fourth-order valence-corrected chi connectivity index (χ4v) is 2.05. The van der Waals surface area contributed by atoms with E-state index in [1.54, 1.807) is 23.9 Å². The lowest BCUT2D eigenvalue weighted by molar-refractivity contribution is 0.628. The summed E-state index contributed by atoms with van der Waals surface area (Å²) in [6.07, 6.45) is 0.724. The molecule has 5 heteroatoms. The van der Waals surface area contributed by atoms with Crippen LogP contribution >= 0.6 is 11.6 Å². The summed E-state index contributed by atoms with van der Waals surface area (Å²) in [5, 5.41) is 4.38. The summed E-state index contributed by atoms with van der Waals surface area (Å²) in [6, 6.07) is 4.68. The van der Waals surface area contributed by atoms with Crippen molar-refractivity contribution in [1.29, 1.82) is 0 Å². The molecule has 2 aromatic rings. The van der Waals surface area contributed by atoms with Crippen LogP contribution in [0.5, 0.6) is 0 Å². The van der Waals surface area contributed by atoms with Gasteiger partial charge in [-0.3, -0.25) is 4.68 Å². The van der Waals surface area contributed by atoms with Crippen molar-refractivity contribution in [2.75, 3.05) is 5.73 Å². The predicted molar refractivity (Wildman–Crippen MR) is 67.4 cm³/mol. The number of nitrogens with zero attached hydrogens (tertiary/aromatic N) is 2. The Morgan fingerprint density at radius 3 is 2.82 bits per heavy atom. The van der Waals surface area contributed by atoms with Crippen LogP contribution in [0.4, 0.5) is 10.2 Å². The predicted octanol–water partition coefficient (Wildman–Crippen LogP) is 3.02. The summed E-state index contributed by atoms with van der Waals surface area (Å²) in [5.41, 5.74) is 8.02. The summed E-state index contributed by atoms with van der Waals surface area (Å²) in [4.78, 5) is 0. The number of nitrogen functional groups attached to an aromatic ring is 1. The first-order valence-electron chi connectivity index (χ1n) is 5.32. The van der Waals surface area contributed by atoms with E-state index in [2.05, 4.69) is 5.10 Å². The molecule has 0 atom stereocenters. The molecule has 0 bridgehead atoms. The molecule has 0 spiro atoms. The van der Waals surface area contributed by atoms with Crippen LogP contribution in [-0.4, -0.2) is 9.78 Å². The Morgan fingerprint density at radius 2 is 2.18 bits per heavy atom. The average molecular weight is 254 g/mol. The average Bonchev–Trinajstić information content (AvgIpc) is 2.59. The molecule has 0 fully saturated rings. The lowest BCUT2D eigenvalue weighted by Gasteiger charge is -2.04. The van der Waals surface area contributed by atoms with Crippen LogP contribution in [0.1, 0.15) is 12.5 Å². The van der Waals surface area contributed by atoms with Crippen LogP contribution in [-0.2, 0) is 13.5 Å². The summed E-state index contributed by atoms with van der Waals surface area (Å²) in [7, 11) is 1.76. The maximum absolute atomic E-state index is 13.4. The van der Waals surface area contributed by atoms with E-state index in [1.165, 1.54) is 6.07 Å². The largest absolute Gasteiger partial charge is 0.384 e. The van der Waals surface area contributed by atoms with E-state index in [1.807, 2.05) is 6.92 Å². The zero-order chi connectivity index (χ0) is 12.6. The fraction of sp³-hybridized carbons (Fsp3) is 0.250. The molecule has 0 amide bonds. The highest BCUT2D eigenvalue weighted by molar-refractivity contribution is 6.33. The van der Waals surface area contributed by atoms with Crippen molar-refractivity contribution in [3.05, 3.63) is 34.6 Å². The normalized spacial score (nSPS) is 10.8. The van der Waals surface area contributed by atoms with Crippen molar-refractivity contribution < 1.29 is 4.39 Å². The first kappa shape index (κ1) is 11.9. The number of hydrogen-bond acceptors (Lipinski definition) is 2. The smallest absolute Gasteiger partial charge is 0.142 e. The molecule has 1 heterocycles. The Morgan fingerprint density at radius 1 is 1.47 bits per heavy atom. The molecule has 2 rings (SSSR count). The third kappa shape index (κ3) is 1.89. The van der Waals surface area contributed by atoms with E-state index in [4.69, 9.17) is 17.3 Å². The lowest BCUT2D eigenvalue weighted by Crippen LogP contribution is -1.98. The van der Waals surface area contributed by atoms with Crippen molar-refractivity contribution in [2.45, 2.75) is 13.3 Å². The number of anilines is 1. The zero-order valence-corrected chi connectivity index (χ0v) is 10.4. The third-order valence-electron chi connectivity index (χ3n) is 2.75. The number of aryl methyl sites for hydroxylation is 1. The minimum Gasteiger partial charge on any atom is -0.384 e. The molecule has 17 heavy (non-hydrogen) atoms. The standard InChI is InChI=1S/C12H13ClFN3/c1-3-7-11(16-17(2)12(7)15)8-5-4-6-9(14)10(8)13/h4-6H,3,15H2,1-2H3. The van der Waals surface area contributed by atoms with Crippen molar-refractivity contribution in [3.63, 3.8) is 0 Å². The number of aromatic nitrogens is 2. The van der Waals surface area contributed by atoms with Gasteiger partial charge in [0, 0.05) is 18.2 Å². The molecular weight excluding hydrogens is 241 g/mol. The van der Waals surface area contributed by atoms with Crippen LogP contribution in [0.25, 0.3) is 11.3 Å². The molecule has 90 valence electrons. The molecule has 0 aliphatic carbocycles. The number of hydrogen-bond donors (Lipinski definition) is 1. The molecular formula is C12H13ClFN3. The maximum atomic E-state index is 13.4. The van der Waals surface area contributed by atoms with Gasteiger partial charge < -0.3 is 5.73 Å². The van der Waals surface area contributed by atoms with Crippen LogP contribution in [0, 0.1) is 5.82 Å². The van der Waals surface area contributed by atoms with E-state index < -0.39 is 5.82 Å². The van der Waals surface area contributed by atoms with E-state index in [-0.39, 0.29) is 5.02 Å². The molecule has 1 aromatic heterocycles. The zero-order valence-electron chi connectivity index (χ0n) is 9.67. The molecule has 0 aliphatic heterocycles.